The van der Waals surface area contributed by atoms with Crippen molar-refractivity contribution in [1.82, 2.24) is 0 Å². The molecule has 124 valence electrons. The number of carbonyl (C=O) groups excluding carboxylic acids is 1. The van der Waals surface area contributed by atoms with Crippen LogP contribution in [0.4, 0.5) is 0 Å². The normalized spacial score (nSPS) is 19.0. The molecule has 1 aliphatic rings. The zero-order valence-electron chi connectivity index (χ0n) is 14.7. The lowest BCUT2D eigenvalue weighted by Gasteiger charge is -2.32. The number of carbonyl (C=O) groups is 2. The van der Waals surface area contributed by atoms with Gasteiger partial charge in [0.05, 0.1) is 16.8 Å². The molecular weight excluding hydrogens is 295 g/mol. The summed E-state index contributed by atoms with van der Waals surface area (Å²) < 4.78 is 12.1. The molecule has 2 rings (SSSR count). The summed E-state index contributed by atoms with van der Waals surface area (Å²) in [6.07, 6.45) is 0.700. The third-order valence-electron chi connectivity index (χ3n) is 5.19. The fraction of sp³-hybridized carbons (Fsp3) is 0.529. The van der Waals surface area contributed by atoms with Crippen LogP contribution in [0.3, 0.4) is 0 Å². The van der Waals surface area contributed by atoms with Crippen molar-refractivity contribution in [3.63, 3.8) is 0 Å². The van der Waals surface area contributed by atoms with Gasteiger partial charge in [0.2, 0.25) is 0 Å². The third-order valence-corrected chi connectivity index (χ3v) is 5.19. The van der Waals surface area contributed by atoms with Crippen molar-refractivity contribution in [2.45, 2.75) is 59.7 Å². The molecule has 1 aliphatic heterocycles. The van der Waals surface area contributed by atoms with Crippen LogP contribution in [0.15, 0.2) is 0 Å². The van der Waals surface area contributed by atoms with Crippen molar-refractivity contribution in [2.24, 2.45) is 0 Å². The third kappa shape index (κ3) is 2.60. The van der Waals surface area contributed by atoms with E-state index in [1.165, 1.54) is 0 Å². The van der Waals surface area contributed by atoms with Crippen LogP contribution in [-0.2, 0) is 9.31 Å². The van der Waals surface area contributed by atoms with Gasteiger partial charge in [0.25, 0.3) is 0 Å². The van der Waals surface area contributed by atoms with E-state index in [1.807, 2.05) is 27.7 Å². The summed E-state index contributed by atoms with van der Waals surface area (Å²) in [6.45, 7) is 12.9. The predicted molar refractivity (Wildman–Crippen MR) is 88.7 cm³/mol. The van der Waals surface area contributed by atoms with E-state index in [0.717, 1.165) is 0 Å². The van der Waals surface area contributed by atoms with Crippen molar-refractivity contribution < 1.29 is 24.0 Å². The smallest absolute Gasteiger partial charge is 0.478 e. The monoisotopic (exact) mass is 318 g/mol. The zero-order valence-corrected chi connectivity index (χ0v) is 14.7. The van der Waals surface area contributed by atoms with Crippen LogP contribution < -0.4 is 5.46 Å². The molecule has 23 heavy (non-hydrogen) atoms. The molecule has 1 saturated heterocycles. The number of aromatic carboxylic acids is 1. The summed E-state index contributed by atoms with van der Waals surface area (Å²) in [5.41, 5.74) is 1.85. The standard InChI is InChI=1S/C17H23BO5/c1-9-12(8-19)10(2)14(11(3)13(9)15(20)21)18-22-16(4,5)17(6,7)23-18/h8H,1-7H3,(H,20,21). The van der Waals surface area contributed by atoms with Crippen molar-refractivity contribution in [1.29, 1.82) is 0 Å². The highest BCUT2D eigenvalue weighted by Crippen LogP contribution is 2.37. The van der Waals surface area contributed by atoms with Crippen LogP contribution in [0.2, 0.25) is 0 Å². The maximum absolute atomic E-state index is 11.6. The minimum Gasteiger partial charge on any atom is -0.478 e. The number of carboxylic acid groups (broad SMARTS) is 1. The Hall–Kier alpha value is -1.66. The van der Waals surface area contributed by atoms with Crippen molar-refractivity contribution >= 4 is 24.8 Å². The Morgan fingerprint density at radius 1 is 1.00 bits per heavy atom. The van der Waals surface area contributed by atoms with E-state index in [-0.39, 0.29) is 5.56 Å². The van der Waals surface area contributed by atoms with Gasteiger partial charge in [0.1, 0.15) is 0 Å². The first-order valence-corrected chi connectivity index (χ1v) is 7.62. The molecule has 6 heteroatoms. The van der Waals surface area contributed by atoms with Crippen LogP contribution in [0.25, 0.3) is 0 Å². The van der Waals surface area contributed by atoms with Crippen molar-refractivity contribution in [3.8, 4) is 0 Å². The highest BCUT2D eigenvalue weighted by molar-refractivity contribution is 6.63. The number of carboxylic acids is 1. The maximum atomic E-state index is 11.6. The zero-order chi connectivity index (χ0) is 17.7. The minimum atomic E-state index is -1.05. The van der Waals surface area contributed by atoms with E-state index < -0.39 is 24.3 Å². The Bertz CT molecular complexity index is 675. The van der Waals surface area contributed by atoms with Gasteiger partial charge in [-0.05, 0) is 70.6 Å². The molecule has 0 atom stereocenters. The van der Waals surface area contributed by atoms with Crippen LogP contribution in [0.1, 0.15) is 65.1 Å². The predicted octanol–water partition coefficient (Wildman–Crippen LogP) is 2.42. The van der Waals surface area contributed by atoms with Gasteiger partial charge in [-0.25, -0.2) is 4.79 Å². The van der Waals surface area contributed by atoms with E-state index >= 15 is 0 Å². The fourth-order valence-electron chi connectivity index (χ4n) is 3.07. The van der Waals surface area contributed by atoms with Gasteiger partial charge in [-0.2, -0.15) is 0 Å². The molecule has 0 aliphatic carbocycles. The molecule has 0 bridgehead atoms. The molecule has 1 aromatic carbocycles. The lowest BCUT2D eigenvalue weighted by atomic mass is 9.70. The Balaban J connectivity index is 2.72. The van der Waals surface area contributed by atoms with Crippen molar-refractivity contribution in [3.05, 3.63) is 27.8 Å². The molecule has 5 nitrogen and oxygen atoms in total. The molecule has 0 spiro atoms. The average molecular weight is 318 g/mol. The van der Waals surface area contributed by atoms with Gasteiger partial charge >= 0.3 is 13.1 Å². The second-order valence-electron chi connectivity index (χ2n) is 7.09. The average Bonchev–Trinajstić information content (AvgIpc) is 2.57. The highest BCUT2D eigenvalue weighted by Gasteiger charge is 2.52. The van der Waals surface area contributed by atoms with E-state index in [2.05, 4.69) is 0 Å². The van der Waals surface area contributed by atoms with Gasteiger partial charge in [-0.1, -0.05) is 0 Å². The first-order valence-electron chi connectivity index (χ1n) is 7.62. The summed E-state index contributed by atoms with van der Waals surface area (Å²) in [6, 6.07) is 0. The Labute approximate surface area is 137 Å². The second-order valence-corrected chi connectivity index (χ2v) is 7.09. The first-order chi connectivity index (χ1) is 10.4. The lowest BCUT2D eigenvalue weighted by Crippen LogP contribution is -2.41. The quantitative estimate of drug-likeness (QED) is 0.684. The molecule has 1 N–H and O–H groups in total. The number of benzene rings is 1. The van der Waals surface area contributed by atoms with Gasteiger partial charge in [-0.15, -0.1) is 0 Å². The second kappa shape index (κ2) is 5.46. The molecule has 0 amide bonds. The van der Waals surface area contributed by atoms with Crippen LogP contribution in [0.5, 0.6) is 0 Å². The Kier molecular flexibility index (Phi) is 4.20. The number of hydrogen-bond acceptors (Lipinski definition) is 4. The fourth-order valence-corrected chi connectivity index (χ4v) is 3.07. The number of hydrogen-bond donors (Lipinski definition) is 1. The van der Waals surface area contributed by atoms with Gasteiger partial charge in [0.15, 0.2) is 6.29 Å². The van der Waals surface area contributed by atoms with E-state index in [9.17, 15) is 14.7 Å². The summed E-state index contributed by atoms with van der Waals surface area (Å²) in [5.74, 6) is -1.05. The maximum Gasteiger partial charge on any atom is 0.495 e. The van der Waals surface area contributed by atoms with Gasteiger partial charge in [-0.3, -0.25) is 4.79 Å². The largest absolute Gasteiger partial charge is 0.495 e. The molecule has 0 unspecified atom stereocenters. The van der Waals surface area contributed by atoms with Crippen molar-refractivity contribution in [2.75, 3.05) is 0 Å². The molecule has 1 aromatic rings. The van der Waals surface area contributed by atoms with Gasteiger partial charge < -0.3 is 14.4 Å². The highest BCUT2D eigenvalue weighted by atomic mass is 16.7. The Morgan fingerprint density at radius 3 is 1.87 bits per heavy atom. The number of rotatable bonds is 3. The van der Waals surface area contributed by atoms with Crippen LogP contribution >= 0.6 is 0 Å². The van der Waals surface area contributed by atoms with Gasteiger partial charge in [0, 0.05) is 5.56 Å². The van der Waals surface area contributed by atoms with Crippen LogP contribution in [-0.4, -0.2) is 35.7 Å². The minimum absolute atomic E-state index is 0.141. The summed E-state index contributed by atoms with van der Waals surface area (Å²) in [7, 11) is -0.697. The summed E-state index contributed by atoms with van der Waals surface area (Å²) >= 11 is 0. The molecule has 0 aromatic heterocycles. The van der Waals surface area contributed by atoms with E-state index in [4.69, 9.17) is 9.31 Å². The number of aldehydes is 1. The SMILES string of the molecule is Cc1c(C=O)c(C)c(C(=O)O)c(C)c1B1OC(C)(C)C(C)(C)O1. The Morgan fingerprint density at radius 2 is 1.48 bits per heavy atom. The van der Waals surface area contributed by atoms with E-state index in [0.29, 0.717) is 34.0 Å². The summed E-state index contributed by atoms with van der Waals surface area (Å²) in [5, 5.41) is 9.53. The molecular formula is C17H23BO5. The lowest BCUT2D eigenvalue weighted by molar-refractivity contribution is 0.00578. The molecule has 0 radical (unpaired) electrons. The molecule has 0 saturated carbocycles. The van der Waals surface area contributed by atoms with Crippen LogP contribution in [0, 0.1) is 20.8 Å². The first kappa shape index (κ1) is 17.7. The summed E-state index contributed by atoms with van der Waals surface area (Å²) in [4.78, 5) is 23.1. The molecule has 1 fully saturated rings. The topological polar surface area (TPSA) is 72.8 Å². The molecule has 1 heterocycles. The van der Waals surface area contributed by atoms with E-state index in [1.54, 1.807) is 20.8 Å².